The lowest BCUT2D eigenvalue weighted by molar-refractivity contribution is 0.0694. The summed E-state index contributed by atoms with van der Waals surface area (Å²) in [7, 11) is 0. The second-order valence-electron chi connectivity index (χ2n) is 4.77. The van der Waals surface area contributed by atoms with E-state index < -0.39 is 5.97 Å². The van der Waals surface area contributed by atoms with Gasteiger partial charge >= 0.3 is 5.97 Å². The van der Waals surface area contributed by atoms with Crippen LogP contribution in [0.25, 0.3) is 0 Å². The van der Waals surface area contributed by atoms with Gasteiger partial charge < -0.3 is 15.1 Å². The van der Waals surface area contributed by atoms with Gasteiger partial charge in [0.15, 0.2) is 5.75 Å². The van der Waals surface area contributed by atoms with E-state index in [1.165, 1.54) is 17.4 Å². The first kappa shape index (κ1) is 16.5. The van der Waals surface area contributed by atoms with Gasteiger partial charge in [0.25, 0.3) is 0 Å². The van der Waals surface area contributed by atoms with E-state index >= 15 is 0 Å². The zero-order valence-electron chi connectivity index (χ0n) is 12.2. The number of thiocarbonyl (C=S) groups is 1. The predicted molar refractivity (Wildman–Crippen MR) is 93.3 cm³/mol. The van der Waals surface area contributed by atoms with Crippen molar-refractivity contribution in [2.75, 3.05) is 11.4 Å². The van der Waals surface area contributed by atoms with Gasteiger partial charge in [0, 0.05) is 6.54 Å². The van der Waals surface area contributed by atoms with Crippen molar-refractivity contribution < 1.29 is 15.0 Å². The number of carboxylic acids is 1. The van der Waals surface area contributed by atoms with Crippen molar-refractivity contribution in [3.8, 4) is 5.75 Å². The van der Waals surface area contributed by atoms with Crippen LogP contribution >= 0.6 is 23.6 Å². The molecule has 0 fully saturated rings. The quantitative estimate of drug-likeness (QED) is 0.777. The molecule has 0 aliphatic rings. The van der Waals surface area contributed by atoms with E-state index in [2.05, 4.69) is 6.92 Å². The molecule has 0 bridgehead atoms. The number of carboxylic acid groups (broad SMARTS) is 1. The Bertz CT molecular complexity index is 668. The van der Waals surface area contributed by atoms with Crippen LogP contribution in [0.1, 0.15) is 35.0 Å². The summed E-state index contributed by atoms with van der Waals surface area (Å²) >= 11 is 7.06. The molecule has 0 saturated heterocycles. The van der Waals surface area contributed by atoms with E-state index in [4.69, 9.17) is 17.3 Å². The van der Waals surface area contributed by atoms with Crippen LogP contribution in [-0.2, 0) is 0 Å². The SMILES string of the molecule is CCCCN(C(=S)c1cccs1)c1cccc(C(=O)O)c1O. The molecule has 0 radical (unpaired) electrons. The number of carbonyl (C=O) groups is 1. The van der Waals surface area contributed by atoms with Crippen LogP contribution in [0.5, 0.6) is 5.75 Å². The van der Waals surface area contributed by atoms with Crippen LogP contribution < -0.4 is 4.90 Å². The molecule has 2 N–H and O–H groups in total. The van der Waals surface area contributed by atoms with Gasteiger partial charge in [-0.1, -0.05) is 37.7 Å². The van der Waals surface area contributed by atoms with Crippen molar-refractivity contribution in [3.05, 3.63) is 46.2 Å². The van der Waals surface area contributed by atoms with E-state index in [0.29, 0.717) is 17.2 Å². The molecule has 1 heterocycles. The molecule has 2 rings (SSSR count). The van der Waals surface area contributed by atoms with Crippen molar-refractivity contribution in [1.29, 1.82) is 0 Å². The number of hydrogen-bond donors (Lipinski definition) is 2. The summed E-state index contributed by atoms with van der Waals surface area (Å²) in [4.78, 5) is 14.5. The highest BCUT2D eigenvalue weighted by atomic mass is 32.1. The van der Waals surface area contributed by atoms with Crippen LogP contribution in [0.2, 0.25) is 0 Å². The van der Waals surface area contributed by atoms with E-state index in [9.17, 15) is 9.90 Å². The number of rotatable bonds is 6. The number of benzene rings is 1. The molecule has 1 aromatic carbocycles. The number of anilines is 1. The summed E-state index contributed by atoms with van der Waals surface area (Å²) in [5, 5.41) is 21.4. The number of para-hydroxylation sites is 1. The van der Waals surface area contributed by atoms with Gasteiger partial charge in [-0.3, -0.25) is 0 Å². The Labute approximate surface area is 138 Å². The molecular weight excluding hydrogens is 318 g/mol. The number of aromatic carboxylic acids is 1. The lowest BCUT2D eigenvalue weighted by atomic mass is 10.1. The van der Waals surface area contributed by atoms with Crippen LogP contribution in [0.15, 0.2) is 35.7 Å². The molecule has 0 unspecified atom stereocenters. The monoisotopic (exact) mass is 335 g/mol. The topological polar surface area (TPSA) is 60.8 Å². The third-order valence-corrected chi connectivity index (χ3v) is 4.69. The largest absolute Gasteiger partial charge is 0.505 e. The third-order valence-electron chi connectivity index (χ3n) is 3.25. The molecule has 0 aliphatic carbocycles. The fourth-order valence-corrected chi connectivity index (χ4v) is 3.18. The molecule has 4 nitrogen and oxygen atoms in total. The first-order valence-electron chi connectivity index (χ1n) is 6.97. The minimum absolute atomic E-state index is 0.118. The summed E-state index contributed by atoms with van der Waals surface area (Å²) < 4.78 is 0. The molecule has 0 amide bonds. The molecule has 6 heteroatoms. The number of phenols is 1. The van der Waals surface area contributed by atoms with E-state index in [1.54, 1.807) is 12.1 Å². The van der Waals surface area contributed by atoms with Gasteiger partial charge in [-0.2, -0.15) is 0 Å². The summed E-state index contributed by atoms with van der Waals surface area (Å²) in [5.41, 5.74) is 0.319. The normalized spacial score (nSPS) is 10.4. The summed E-state index contributed by atoms with van der Waals surface area (Å²) in [6, 6.07) is 8.53. The maximum Gasteiger partial charge on any atom is 0.339 e. The van der Waals surface area contributed by atoms with Crippen LogP contribution in [0.3, 0.4) is 0 Å². The van der Waals surface area contributed by atoms with Crippen molar-refractivity contribution in [3.63, 3.8) is 0 Å². The molecule has 0 saturated carbocycles. The third kappa shape index (κ3) is 3.45. The number of thiophene rings is 1. The predicted octanol–water partition coefficient (Wildman–Crippen LogP) is 4.13. The van der Waals surface area contributed by atoms with Gasteiger partial charge in [0.2, 0.25) is 0 Å². The van der Waals surface area contributed by atoms with Crippen LogP contribution in [0.4, 0.5) is 5.69 Å². The van der Waals surface area contributed by atoms with Crippen molar-refractivity contribution in [1.82, 2.24) is 0 Å². The molecular formula is C16H17NO3S2. The molecule has 0 atom stereocenters. The lowest BCUT2D eigenvalue weighted by Crippen LogP contribution is -2.30. The number of aromatic hydroxyl groups is 1. The summed E-state index contributed by atoms with van der Waals surface area (Å²) in [6.07, 6.45) is 1.87. The molecule has 116 valence electrons. The van der Waals surface area contributed by atoms with Crippen LogP contribution in [0, 0.1) is 0 Å². The van der Waals surface area contributed by atoms with Gasteiger partial charge in [-0.15, -0.1) is 11.3 Å². The molecule has 0 spiro atoms. The Morgan fingerprint density at radius 1 is 1.32 bits per heavy atom. The Balaban J connectivity index is 2.43. The number of nitrogens with zero attached hydrogens (tertiary/aromatic N) is 1. The first-order valence-corrected chi connectivity index (χ1v) is 8.25. The second kappa shape index (κ2) is 7.38. The molecule has 1 aromatic heterocycles. The van der Waals surface area contributed by atoms with E-state index in [1.807, 2.05) is 22.4 Å². The molecule has 0 aliphatic heterocycles. The second-order valence-corrected chi connectivity index (χ2v) is 6.10. The number of hydrogen-bond acceptors (Lipinski definition) is 4. The fourth-order valence-electron chi connectivity index (χ4n) is 2.10. The maximum atomic E-state index is 11.2. The first-order chi connectivity index (χ1) is 10.6. The van der Waals surface area contributed by atoms with E-state index in [-0.39, 0.29) is 11.3 Å². The average Bonchev–Trinajstić information content (AvgIpc) is 3.02. The minimum atomic E-state index is -1.16. The minimum Gasteiger partial charge on any atom is -0.505 e. The zero-order valence-corrected chi connectivity index (χ0v) is 13.8. The Morgan fingerprint density at radius 2 is 2.09 bits per heavy atom. The summed E-state index contributed by atoms with van der Waals surface area (Å²) in [6.45, 7) is 2.70. The van der Waals surface area contributed by atoms with Crippen molar-refractivity contribution in [2.24, 2.45) is 0 Å². The maximum absolute atomic E-state index is 11.2. The summed E-state index contributed by atoms with van der Waals surface area (Å²) in [5.74, 6) is -1.40. The van der Waals surface area contributed by atoms with Crippen molar-refractivity contribution >= 4 is 40.2 Å². The highest BCUT2D eigenvalue weighted by Crippen LogP contribution is 2.33. The standard InChI is InChI=1S/C16H17NO3S2/c1-2-3-9-17(15(21)13-8-5-10-22-13)12-7-4-6-11(14(12)18)16(19)20/h4-8,10,18H,2-3,9H2,1H3,(H,19,20). The fraction of sp³-hybridized carbons (Fsp3) is 0.250. The van der Waals surface area contributed by atoms with E-state index in [0.717, 1.165) is 17.7 Å². The van der Waals surface area contributed by atoms with Gasteiger partial charge in [-0.05, 0) is 30.0 Å². The molecule has 2 aromatic rings. The number of unbranched alkanes of at least 4 members (excludes halogenated alkanes) is 1. The Morgan fingerprint density at radius 3 is 2.68 bits per heavy atom. The highest BCUT2D eigenvalue weighted by molar-refractivity contribution is 7.81. The van der Waals surface area contributed by atoms with Crippen molar-refractivity contribution in [2.45, 2.75) is 19.8 Å². The Kier molecular flexibility index (Phi) is 5.51. The van der Waals surface area contributed by atoms with Crippen LogP contribution in [-0.4, -0.2) is 27.7 Å². The smallest absolute Gasteiger partial charge is 0.339 e. The molecule has 22 heavy (non-hydrogen) atoms. The Hall–Kier alpha value is -1.92. The average molecular weight is 335 g/mol. The lowest BCUT2D eigenvalue weighted by Gasteiger charge is -2.26. The zero-order chi connectivity index (χ0) is 16.1. The highest BCUT2D eigenvalue weighted by Gasteiger charge is 2.21. The van der Waals surface area contributed by atoms with Gasteiger partial charge in [-0.25, -0.2) is 4.79 Å². The van der Waals surface area contributed by atoms with Gasteiger partial charge in [0.1, 0.15) is 10.6 Å². The van der Waals surface area contributed by atoms with Gasteiger partial charge in [0.05, 0.1) is 10.6 Å².